The van der Waals surface area contributed by atoms with Crippen LogP contribution in [0.2, 0.25) is 0 Å². The molecule has 8 nitrogen and oxygen atoms in total. The third-order valence-corrected chi connectivity index (χ3v) is 10.0. The predicted molar refractivity (Wildman–Crippen MR) is 125 cm³/mol. The number of para-hydroxylation sites is 1. The lowest BCUT2D eigenvalue weighted by molar-refractivity contribution is -0.140. The molecule has 1 amide bonds. The van der Waals surface area contributed by atoms with Crippen LogP contribution in [0.25, 0.3) is 10.2 Å². The fourth-order valence-corrected chi connectivity index (χ4v) is 7.91. The number of amides is 1. The number of aryl methyl sites for hydroxylation is 2. The van der Waals surface area contributed by atoms with Gasteiger partial charge in [0.15, 0.2) is 5.76 Å². The van der Waals surface area contributed by atoms with Crippen molar-refractivity contribution in [1.82, 2.24) is 19.3 Å². The number of carbonyl (C=O) groups is 1. The highest BCUT2D eigenvalue weighted by molar-refractivity contribution is 7.89. The van der Waals surface area contributed by atoms with E-state index in [1.54, 1.807) is 25.2 Å². The van der Waals surface area contributed by atoms with Crippen LogP contribution in [0.4, 0.5) is 0 Å². The number of benzene rings is 1. The topological polar surface area (TPSA) is 96.6 Å². The van der Waals surface area contributed by atoms with E-state index in [4.69, 9.17) is 9.51 Å². The quantitative estimate of drug-likeness (QED) is 0.550. The van der Waals surface area contributed by atoms with Crippen molar-refractivity contribution in [3.63, 3.8) is 0 Å². The number of nitrogens with zero attached hydrogens (tertiary/aromatic N) is 4. The van der Waals surface area contributed by atoms with Gasteiger partial charge in [-0.25, -0.2) is 13.4 Å². The zero-order valence-electron chi connectivity index (χ0n) is 18.9. The number of carbonyl (C=O) groups excluding carboxylic acids is 1. The fraction of sp³-hybridized carbons (Fsp3) is 0.522. The first kappa shape index (κ1) is 22.5. The Kier molecular flexibility index (Phi) is 6.00. The zero-order valence-corrected chi connectivity index (χ0v) is 20.5. The highest BCUT2D eigenvalue weighted by Gasteiger charge is 2.39. The molecule has 4 heterocycles. The third kappa shape index (κ3) is 4.08. The largest absolute Gasteiger partial charge is 0.360 e. The molecule has 33 heavy (non-hydrogen) atoms. The molecule has 0 N–H and O–H groups in total. The minimum atomic E-state index is -3.68. The summed E-state index contributed by atoms with van der Waals surface area (Å²) in [5, 5.41) is 4.79. The zero-order chi connectivity index (χ0) is 23.2. The summed E-state index contributed by atoms with van der Waals surface area (Å²) in [5.74, 6) is 0.266. The number of piperidine rings is 2. The number of rotatable bonds is 4. The van der Waals surface area contributed by atoms with Gasteiger partial charge in [0.05, 0.1) is 16.3 Å². The average molecular weight is 489 g/mol. The monoisotopic (exact) mass is 488 g/mol. The lowest BCUT2D eigenvalue weighted by atomic mass is 9.93. The van der Waals surface area contributed by atoms with Crippen LogP contribution in [0.5, 0.6) is 0 Å². The van der Waals surface area contributed by atoms with Crippen molar-refractivity contribution in [2.75, 3.05) is 19.6 Å². The summed E-state index contributed by atoms with van der Waals surface area (Å²) in [6, 6.07) is 8.09. The highest BCUT2D eigenvalue weighted by Crippen LogP contribution is 2.37. The van der Waals surface area contributed by atoms with E-state index < -0.39 is 10.0 Å². The maximum atomic E-state index is 13.6. The molecular weight excluding hydrogens is 460 g/mol. The van der Waals surface area contributed by atoms with Crippen LogP contribution in [0, 0.1) is 19.8 Å². The number of thiazole rings is 1. The van der Waals surface area contributed by atoms with Crippen molar-refractivity contribution in [2.24, 2.45) is 5.92 Å². The van der Waals surface area contributed by atoms with Gasteiger partial charge >= 0.3 is 0 Å². The minimum absolute atomic E-state index is 0.00714. The molecule has 2 saturated heterocycles. The predicted octanol–water partition coefficient (Wildman–Crippen LogP) is 4.06. The van der Waals surface area contributed by atoms with Crippen LogP contribution in [0.15, 0.2) is 33.7 Å². The van der Waals surface area contributed by atoms with Crippen LogP contribution in [0.3, 0.4) is 0 Å². The molecule has 0 radical (unpaired) electrons. The van der Waals surface area contributed by atoms with Crippen LogP contribution in [-0.4, -0.2) is 53.3 Å². The summed E-state index contributed by atoms with van der Waals surface area (Å²) >= 11 is 1.67. The van der Waals surface area contributed by atoms with E-state index in [2.05, 4.69) is 11.2 Å². The van der Waals surface area contributed by atoms with Crippen LogP contribution < -0.4 is 0 Å². The first-order chi connectivity index (χ1) is 15.9. The first-order valence-electron chi connectivity index (χ1n) is 11.4. The lowest BCUT2D eigenvalue weighted by Crippen LogP contribution is -2.46. The summed E-state index contributed by atoms with van der Waals surface area (Å²) in [6.45, 7) is 4.63. The Labute approximate surface area is 197 Å². The van der Waals surface area contributed by atoms with Crippen LogP contribution in [-0.2, 0) is 14.8 Å². The van der Waals surface area contributed by atoms with E-state index >= 15 is 0 Å². The summed E-state index contributed by atoms with van der Waals surface area (Å²) < 4.78 is 33.9. The van der Waals surface area contributed by atoms with Gasteiger partial charge in [-0.15, -0.1) is 11.3 Å². The van der Waals surface area contributed by atoms with E-state index in [1.807, 2.05) is 23.1 Å². The van der Waals surface area contributed by atoms with Crippen LogP contribution in [0.1, 0.15) is 54.6 Å². The Bertz CT molecular complexity index is 1220. The molecule has 2 aromatic heterocycles. The molecule has 0 bridgehead atoms. The Morgan fingerprint density at radius 2 is 1.85 bits per heavy atom. The molecule has 2 aliphatic rings. The highest BCUT2D eigenvalue weighted by atomic mass is 32.2. The molecule has 3 aromatic rings. The summed E-state index contributed by atoms with van der Waals surface area (Å²) in [7, 11) is -3.68. The van der Waals surface area contributed by atoms with E-state index in [0.29, 0.717) is 37.4 Å². The number of hydrogen-bond acceptors (Lipinski definition) is 7. The van der Waals surface area contributed by atoms with Crippen molar-refractivity contribution in [3.8, 4) is 0 Å². The molecule has 10 heteroatoms. The molecule has 1 aromatic carbocycles. The number of fused-ring (bicyclic) bond motifs is 1. The molecule has 0 spiro atoms. The molecule has 5 rings (SSSR count). The number of sulfonamides is 1. The van der Waals surface area contributed by atoms with Crippen molar-refractivity contribution in [3.05, 3.63) is 40.7 Å². The van der Waals surface area contributed by atoms with Gasteiger partial charge in [0.2, 0.25) is 15.9 Å². The first-order valence-corrected chi connectivity index (χ1v) is 13.7. The third-order valence-electron chi connectivity index (χ3n) is 6.75. The van der Waals surface area contributed by atoms with Gasteiger partial charge in [0, 0.05) is 25.6 Å². The molecule has 2 aliphatic heterocycles. The lowest BCUT2D eigenvalue weighted by Gasteiger charge is -2.39. The van der Waals surface area contributed by atoms with Gasteiger partial charge in [-0.2, -0.15) is 4.31 Å². The van der Waals surface area contributed by atoms with E-state index in [0.717, 1.165) is 41.0 Å². The van der Waals surface area contributed by atoms with Gasteiger partial charge in [0.25, 0.3) is 0 Å². The van der Waals surface area contributed by atoms with E-state index in [-0.39, 0.29) is 22.8 Å². The molecule has 0 unspecified atom stereocenters. The van der Waals surface area contributed by atoms with E-state index in [1.165, 1.54) is 4.31 Å². The normalized spacial score (nSPS) is 21.0. The molecular formula is C23H28N4O4S2. The smallest absolute Gasteiger partial charge is 0.248 e. The fourth-order valence-electron chi connectivity index (χ4n) is 5.03. The molecule has 176 valence electrons. The van der Waals surface area contributed by atoms with Gasteiger partial charge < -0.3 is 9.42 Å². The Morgan fingerprint density at radius 3 is 2.55 bits per heavy atom. The van der Waals surface area contributed by atoms with Crippen molar-refractivity contribution >= 4 is 37.5 Å². The van der Waals surface area contributed by atoms with Crippen molar-refractivity contribution in [1.29, 1.82) is 0 Å². The van der Waals surface area contributed by atoms with Crippen molar-refractivity contribution in [2.45, 2.75) is 56.9 Å². The molecule has 2 fully saturated rings. The second-order valence-electron chi connectivity index (χ2n) is 8.89. The number of hydrogen-bond donors (Lipinski definition) is 0. The molecule has 1 atom stereocenters. The Morgan fingerprint density at radius 1 is 1.09 bits per heavy atom. The SMILES string of the molecule is Cc1noc(C)c1S(=O)(=O)N1CCC(C(=O)N2CCCC[C@H]2c2nc3ccccc3s2)CC1. The average Bonchev–Trinajstić information content (AvgIpc) is 3.41. The minimum Gasteiger partial charge on any atom is -0.360 e. The summed E-state index contributed by atoms with van der Waals surface area (Å²) in [4.78, 5) is 20.5. The second kappa shape index (κ2) is 8.81. The number of aromatic nitrogens is 2. The Hall–Kier alpha value is -2.30. The van der Waals surface area contributed by atoms with Gasteiger partial charge in [-0.05, 0) is 58.1 Å². The second-order valence-corrected chi connectivity index (χ2v) is 11.8. The van der Waals surface area contributed by atoms with E-state index in [9.17, 15) is 13.2 Å². The van der Waals surface area contributed by atoms with Gasteiger partial charge in [-0.3, -0.25) is 4.79 Å². The Balaban J connectivity index is 1.30. The van der Waals surface area contributed by atoms with Crippen LogP contribution >= 0.6 is 11.3 Å². The summed E-state index contributed by atoms with van der Waals surface area (Å²) in [6.07, 6.45) is 4.03. The summed E-state index contributed by atoms with van der Waals surface area (Å²) in [5.41, 5.74) is 1.35. The standard InChI is InChI=1S/C23H28N4O4S2/c1-15-21(16(2)31-25-15)33(29,30)26-13-10-17(11-14-26)23(28)27-12-6-5-8-19(27)22-24-18-7-3-4-9-20(18)32-22/h3-4,7,9,17,19H,5-6,8,10-14H2,1-2H3/t19-/m0/s1. The van der Waals surface area contributed by atoms with Gasteiger partial charge in [-0.1, -0.05) is 17.3 Å². The maximum Gasteiger partial charge on any atom is 0.248 e. The molecule has 0 saturated carbocycles. The van der Waals surface area contributed by atoms with Gasteiger partial charge in [0.1, 0.15) is 15.6 Å². The van der Waals surface area contributed by atoms with Crippen molar-refractivity contribution < 1.29 is 17.7 Å². The number of likely N-dealkylation sites (tertiary alicyclic amines) is 1. The maximum absolute atomic E-state index is 13.6. The molecule has 0 aliphatic carbocycles.